The maximum atomic E-state index is 10.6. The van der Waals surface area contributed by atoms with Gasteiger partial charge in [-0.3, -0.25) is 0 Å². The molecule has 1 N–H and O–H groups in total. The minimum absolute atomic E-state index is 0.162. The first-order chi connectivity index (χ1) is 7.61. The molecule has 4 heteroatoms. The van der Waals surface area contributed by atoms with Crippen LogP contribution in [0.25, 0.3) is 0 Å². The Kier molecular flexibility index (Phi) is 5.95. The maximum absolute atomic E-state index is 10.6. The Balaban J connectivity index is 2.15. The van der Waals surface area contributed by atoms with Crippen LogP contribution < -0.4 is 0 Å². The quantitative estimate of drug-likeness (QED) is 0.681. The number of likely N-dealkylation sites (tertiary alicyclic amines) is 1. The molecule has 1 fully saturated rings. The maximum Gasteiger partial charge on any atom is 0.123 e. The SMILES string of the molecule is CC(C)OCC(O)CN1CCC(C=O)CC1. The number of nitrogens with zero attached hydrogens (tertiary/aromatic N) is 1. The summed E-state index contributed by atoms with van der Waals surface area (Å²) in [5, 5.41) is 9.74. The molecule has 1 rings (SSSR count). The average molecular weight is 229 g/mol. The van der Waals surface area contributed by atoms with E-state index in [4.69, 9.17) is 4.74 Å². The van der Waals surface area contributed by atoms with Gasteiger partial charge in [0.15, 0.2) is 0 Å². The van der Waals surface area contributed by atoms with Crippen molar-refractivity contribution in [2.45, 2.75) is 38.9 Å². The van der Waals surface area contributed by atoms with Crippen molar-refractivity contribution in [1.82, 2.24) is 4.90 Å². The third-order valence-corrected chi connectivity index (χ3v) is 2.92. The van der Waals surface area contributed by atoms with Gasteiger partial charge in [0.05, 0.1) is 18.8 Å². The minimum atomic E-state index is -0.421. The number of carbonyl (C=O) groups is 1. The molecule has 0 radical (unpaired) electrons. The van der Waals surface area contributed by atoms with Crippen LogP contribution in [0.3, 0.4) is 0 Å². The van der Waals surface area contributed by atoms with Crippen LogP contribution in [0.15, 0.2) is 0 Å². The van der Waals surface area contributed by atoms with Gasteiger partial charge in [0.2, 0.25) is 0 Å². The third kappa shape index (κ3) is 5.05. The van der Waals surface area contributed by atoms with Crippen molar-refractivity contribution in [2.24, 2.45) is 5.92 Å². The van der Waals surface area contributed by atoms with E-state index >= 15 is 0 Å². The standard InChI is InChI=1S/C12H23NO3/c1-10(2)16-9-12(15)7-13-5-3-11(8-14)4-6-13/h8,10-12,15H,3-7,9H2,1-2H3. The molecular formula is C12H23NO3. The van der Waals surface area contributed by atoms with Crippen molar-refractivity contribution < 1.29 is 14.6 Å². The van der Waals surface area contributed by atoms with Crippen molar-refractivity contribution in [2.75, 3.05) is 26.2 Å². The first-order valence-corrected chi connectivity index (χ1v) is 6.09. The second-order valence-electron chi connectivity index (χ2n) is 4.81. The third-order valence-electron chi connectivity index (χ3n) is 2.92. The fraction of sp³-hybridized carbons (Fsp3) is 0.917. The summed E-state index contributed by atoms with van der Waals surface area (Å²) >= 11 is 0. The zero-order valence-electron chi connectivity index (χ0n) is 10.3. The van der Waals surface area contributed by atoms with Gasteiger partial charge in [0.25, 0.3) is 0 Å². The summed E-state index contributed by atoms with van der Waals surface area (Å²) in [4.78, 5) is 12.8. The highest BCUT2D eigenvalue weighted by atomic mass is 16.5. The van der Waals surface area contributed by atoms with E-state index in [1.807, 2.05) is 13.8 Å². The molecule has 1 heterocycles. The van der Waals surface area contributed by atoms with Crippen molar-refractivity contribution in [3.8, 4) is 0 Å². The molecule has 16 heavy (non-hydrogen) atoms. The lowest BCUT2D eigenvalue weighted by Gasteiger charge is -2.31. The van der Waals surface area contributed by atoms with Crippen LogP contribution in [-0.2, 0) is 9.53 Å². The molecule has 0 aromatic carbocycles. The first kappa shape index (κ1) is 13.6. The van der Waals surface area contributed by atoms with E-state index in [0.29, 0.717) is 13.2 Å². The highest BCUT2D eigenvalue weighted by Crippen LogP contribution is 2.14. The highest BCUT2D eigenvalue weighted by molar-refractivity contribution is 5.53. The molecule has 1 unspecified atom stereocenters. The summed E-state index contributed by atoms with van der Waals surface area (Å²) in [6.07, 6.45) is 2.63. The number of ether oxygens (including phenoxy) is 1. The van der Waals surface area contributed by atoms with Gasteiger partial charge in [0, 0.05) is 12.5 Å². The molecule has 4 nitrogen and oxygen atoms in total. The molecule has 1 atom stereocenters. The van der Waals surface area contributed by atoms with E-state index in [0.717, 1.165) is 32.2 Å². The Labute approximate surface area is 97.6 Å². The molecule has 0 aliphatic carbocycles. The summed E-state index contributed by atoms with van der Waals surface area (Å²) in [6, 6.07) is 0. The van der Waals surface area contributed by atoms with Crippen LogP contribution in [0, 0.1) is 5.92 Å². The first-order valence-electron chi connectivity index (χ1n) is 6.09. The topological polar surface area (TPSA) is 49.8 Å². The molecule has 0 amide bonds. The number of aliphatic hydroxyl groups excluding tert-OH is 1. The fourth-order valence-electron chi connectivity index (χ4n) is 1.93. The van der Waals surface area contributed by atoms with Crippen LogP contribution in [0.1, 0.15) is 26.7 Å². The van der Waals surface area contributed by atoms with Crippen molar-refractivity contribution in [3.05, 3.63) is 0 Å². The lowest BCUT2D eigenvalue weighted by atomic mass is 9.98. The van der Waals surface area contributed by atoms with Crippen LogP contribution in [0.4, 0.5) is 0 Å². The smallest absolute Gasteiger partial charge is 0.123 e. The molecule has 0 saturated carbocycles. The van der Waals surface area contributed by atoms with Gasteiger partial charge in [-0.05, 0) is 39.8 Å². The van der Waals surface area contributed by atoms with Gasteiger partial charge in [0.1, 0.15) is 6.29 Å². The van der Waals surface area contributed by atoms with E-state index in [2.05, 4.69) is 4.90 Å². The Morgan fingerprint density at radius 2 is 2.06 bits per heavy atom. The van der Waals surface area contributed by atoms with Crippen LogP contribution in [0.2, 0.25) is 0 Å². The second kappa shape index (κ2) is 6.99. The number of aliphatic hydroxyl groups is 1. The number of piperidine rings is 1. The molecule has 0 spiro atoms. The Hall–Kier alpha value is -0.450. The van der Waals surface area contributed by atoms with E-state index in [-0.39, 0.29) is 12.0 Å². The van der Waals surface area contributed by atoms with Gasteiger partial charge in [-0.25, -0.2) is 0 Å². The fourth-order valence-corrected chi connectivity index (χ4v) is 1.93. The zero-order chi connectivity index (χ0) is 12.0. The Bertz CT molecular complexity index is 200. The molecule has 0 bridgehead atoms. The summed E-state index contributed by atoms with van der Waals surface area (Å²) in [5.74, 6) is 0.223. The van der Waals surface area contributed by atoms with E-state index < -0.39 is 6.10 Å². The predicted octanol–water partition coefficient (Wildman–Crippen LogP) is 0.683. The molecule has 0 aromatic heterocycles. The highest BCUT2D eigenvalue weighted by Gasteiger charge is 2.20. The van der Waals surface area contributed by atoms with Crippen molar-refractivity contribution in [1.29, 1.82) is 0 Å². The molecule has 94 valence electrons. The van der Waals surface area contributed by atoms with Gasteiger partial charge in [-0.2, -0.15) is 0 Å². The normalized spacial score (nSPS) is 21.2. The average Bonchev–Trinajstić information content (AvgIpc) is 2.27. The molecular weight excluding hydrogens is 206 g/mol. The van der Waals surface area contributed by atoms with Crippen LogP contribution >= 0.6 is 0 Å². The Morgan fingerprint density at radius 3 is 2.56 bits per heavy atom. The lowest BCUT2D eigenvalue weighted by molar-refractivity contribution is -0.112. The lowest BCUT2D eigenvalue weighted by Crippen LogP contribution is -2.40. The van der Waals surface area contributed by atoms with Gasteiger partial charge < -0.3 is 19.5 Å². The molecule has 1 aliphatic rings. The monoisotopic (exact) mass is 229 g/mol. The largest absolute Gasteiger partial charge is 0.389 e. The number of β-amino-alcohol motifs (C(OH)–C–C–N with tert-alkyl or cyclic N) is 1. The number of aldehydes is 1. The van der Waals surface area contributed by atoms with E-state index in [1.54, 1.807) is 0 Å². The van der Waals surface area contributed by atoms with E-state index in [1.165, 1.54) is 0 Å². The van der Waals surface area contributed by atoms with Crippen molar-refractivity contribution in [3.63, 3.8) is 0 Å². The number of rotatable bonds is 6. The number of hydrogen-bond acceptors (Lipinski definition) is 4. The summed E-state index contributed by atoms with van der Waals surface area (Å²) in [7, 11) is 0. The Morgan fingerprint density at radius 1 is 1.44 bits per heavy atom. The van der Waals surface area contributed by atoms with Crippen LogP contribution in [0.5, 0.6) is 0 Å². The van der Waals surface area contributed by atoms with Gasteiger partial charge in [-0.1, -0.05) is 0 Å². The van der Waals surface area contributed by atoms with E-state index in [9.17, 15) is 9.90 Å². The van der Waals surface area contributed by atoms with Crippen molar-refractivity contribution >= 4 is 6.29 Å². The van der Waals surface area contributed by atoms with Crippen LogP contribution in [-0.4, -0.2) is 54.7 Å². The summed E-state index contributed by atoms with van der Waals surface area (Å²) in [5.41, 5.74) is 0. The number of hydrogen-bond donors (Lipinski definition) is 1. The minimum Gasteiger partial charge on any atom is -0.389 e. The predicted molar refractivity (Wildman–Crippen MR) is 62.3 cm³/mol. The van der Waals surface area contributed by atoms with Gasteiger partial charge >= 0.3 is 0 Å². The number of carbonyl (C=O) groups excluding carboxylic acids is 1. The second-order valence-corrected chi connectivity index (χ2v) is 4.81. The summed E-state index contributed by atoms with van der Waals surface area (Å²) < 4.78 is 5.35. The summed E-state index contributed by atoms with van der Waals surface area (Å²) in [6.45, 7) is 6.78. The van der Waals surface area contributed by atoms with Gasteiger partial charge in [-0.15, -0.1) is 0 Å². The molecule has 1 aliphatic heterocycles. The molecule has 0 aromatic rings. The molecule has 1 saturated heterocycles. The zero-order valence-corrected chi connectivity index (χ0v) is 10.3.